The molecule has 6 atom stereocenters. The van der Waals surface area contributed by atoms with Gasteiger partial charge in [0.25, 0.3) is 0 Å². The minimum Gasteiger partial charge on any atom is -0.491 e. The van der Waals surface area contributed by atoms with E-state index in [9.17, 15) is 19.2 Å². The lowest BCUT2D eigenvalue weighted by atomic mass is 9.45. The Kier molecular flexibility index (Phi) is 6.87. The van der Waals surface area contributed by atoms with E-state index in [1.807, 2.05) is 68.5 Å². The van der Waals surface area contributed by atoms with Gasteiger partial charge in [-0.05, 0) is 42.7 Å². The van der Waals surface area contributed by atoms with E-state index in [0.717, 1.165) is 18.4 Å². The third-order valence-corrected chi connectivity index (χ3v) is 9.56. The molecule has 3 aromatic rings. The van der Waals surface area contributed by atoms with Crippen molar-refractivity contribution in [1.82, 2.24) is 0 Å². The van der Waals surface area contributed by atoms with E-state index in [1.165, 1.54) is 9.80 Å². The predicted octanol–water partition coefficient (Wildman–Crippen LogP) is 5.31. The molecular weight excluding hydrogens is 556 g/mol. The molecular formula is C36H34N2O6. The summed E-state index contributed by atoms with van der Waals surface area (Å²) in [4.78, 5) is 60.6. The lowest BCUT2D eigenvalue weighted by molar-refractivity contribution is -0.140. The molecule has 2 heterocycles. The summed E-state index contributed by atoms with van der Waals surface area (Å²) in [7, 11) is 0. The van der Waals surface area contributed by atoms with E-state index in [2.05, 4.69) is 0 Å². The van der Waals surface area contributed by atoms with Crippen molar-refractivity contribution >= 4 is 35.0 Å². The standard InChI is InChI=1S/C36H34N2O6/c1-3-20-43-26-16-10-8-14-24(26)37-32(39)28-23-18-19-36(30(28)34(37)41,22-12-6-5-7-13-22)31-29(23)33(40)38(35(31)42)25-15-9-11-17-27(25)44-21-4-2/h5-19,23,28-31H,3-4,20-21H2,1-2H3/t23?,28-,29+,30+,31-,36?. The van der Waals surface area contributed by atoms with Gasteiger partial charge in [-0.2, -0.15) is 0 Å². The minimum atomic E-state index is -1.20. The second kappa shape index (κ2) is 10.8. The Bertz CT molecular complexity index is 1590. The van der Waals surface area contributed by atoms with Crippen LogP contribution in [0.5, 0.6) is 11.5 Å². The zero-order valence-electron chi connectivity index (χ0n) is 24.7. The summed E-state index contributed by atoms with van der Waals surface area (Å²) in [6.45, 7) is 4.84. The molecule has 0 radical (unpaired) electrons. The predicted molar refractivity (Wildman–Crippen MR) is 164 cm³/mol. The molecule has 5 aliphatic rings. The molecule has 0 N–H and O–H groups in total. The molecule has 8 rings (SSSR count). The van der Waals surface area contributed by atoms with Gasteiger partial charge in [-0.25, -0.2) is 9.80 Å². The van der Waals surface area contributed by atoms with Gasteiger partial charge in [-0.15, -0.1) is 0 Å². The molecule has 3 aromatic carbocycles. The molecule has 1 saturated carbocycles. The van der Waals surface area contributed by atoms with Crippen LogP contribution in [0.2, 0.25) is 0 Å². The van der Waals surface area contributed by atoms with E-state index >= 15 is 0 Å². The van der Waals surface area contributed by atoms with Crippen LogP contribution in [0.1, 0.15) is 32.3 Å². The first-order valence-electron chi connectivity index (χ1n) is 15.4. The minimum absolute atomic E-state index is 0.369. The monoisotopic (exact) mass is 590 g/mol. The number of hydrogen-bond donors (Lipinski definition) is 0. The number of nitrogens with zero attached hydrogens (tertiary/aromatic N) is 2. The number of hydrogen-bond acceptors (Lipinski definition) is 6. The van der Waals surface area contributed by atoms with E-state index in [0.29, 0.717) is 36.1 Å². The summed E-state index contributed by atoms with van der Waals surface area (Å²) in [5.41, 5.74) is 0.308. The molecule has 2 unspecified atom stereocenters. The highest BCUT2D eigenvalue weighted by atomic mass is 16.5. The summed E-state index contributed by atoms with van der Waals surface area (Å²) < 4.78 is 11.9. The van der Waals surface area contributed by atoms with Gasteiger partial charge in [0.15, 0.2) is 0 Å². The average Bonchev–Trinajstić information content (AvgIpc) is 3.50. The number of anilines is 2. The maximum atomic E-state index is 14.6. The average molecular weight is 591 g/mol. The van der Waals surface area contributed by atoms with Crippen LogP contribution in [-0.4, -0.2) is 36.8 Å². The zero-order valence-corrected chi connectivity index (χ0v) is 24.7. The molecule has 44 heavy (non-hydrogen) atoms. The van der Waals surface area contributed by atoms with Crippen molar-refractivity contribution in [2.75, 3.05) is 23.0 Å². The highest BCUT2D eigenvalue weighted by Crippen LogP contribution is 2.65. The molecule has 3 aliphatic carbocycles. The van der Waals surface area contributed by atoms with Gasteiger partial charge in [0.1, 0.15) is 11.5 Å². The summed E-state index contributed by atoms with van der Waals surface area (Å²) in [5.74, 6) is -4.57. The first kappa shape index (κ1) is 28.1. The van der Waals surface area contributed by atoms with Crippen LogP contribution in [0.25, 0.3) is 0 Å². The van der Waals surface area contributed by atoms with Gasteiger partial charge in [0.05, 0.1) is 48.3 Å². The van der Waals surface area contributed by atoms with Gasteiger partial charge in [0, 0.05) is 11.3 Å². The van der Waals surface area contributed by atoms with Crippen molar-refractivity contribution < 1.29 is 28.7 Å². The summed E-state index contributed by atoms with van der Waals surface area (Å²) >= 11 is 0. The van der Waals surface area contributed by atoms with Crippen molar-refractivity contribution in [2.45, 2.75) is 32.1 Å². The van der Waals surface area contributed by atoms with E-state index in [1.54, 1.807) is 36.4 Å². The number of carbonyl (C=O) groups is 4. The Labute approximate surface area is 256 Å². The number of ether oxygens (including phenoxy) is 2. The second-order valence-electron chi connectivity index (χ2n) is 11.9. The van der Waals surface area contributed by atoms with Crippen LogP contribution in [0.4, 0.5) is 11.4 Å². The van der Waals surface area contributed by atoms with Crippen molar-refractivity contribution in [2.24, 2.45) is 29.6 Å². The number of benzene rings is 3. The molecule has 2 saturated heterocycles. The molecule has 2 aliphatic heterocycles. The Balaban J connectivity index is 1.38. The van der Waals surface area contributed by atoms with Crippen molar-refractivity contribution in [3.05, 3.63) is 96.6 Å². The van der Waals surface area contributed by atoms with Crippen LogP contribution in [0.3, 0.4) is 0 Å². The zero-order chi connectivity index (χ0) is 30.6. The molecule has 0 spiro atoms. The number of allylic oxidation sites excluding steroid dienone is 2. The highest BCUT2D eigenvalue weighted by molar-refractivity contribution is 6.27. The van der Waals surface area contributed by atoms with Crippen LogP contribution >= 0.6 is 0 Å². The third kappa shape index (κ3) is 3.82. The number of rotatable bonds is 9. The number of carbonyl (C=O) groups excluding carboxylic acids is 4. The molecule has 3 fully saturated rings. The molecule has 0 aromatic heterocycles. The maximum Gasteiger partial charge on any atom is 0.239 e. The summed E-state index contributed by atoms with van der Waals surface area (Å²) in [6.07, 6.45) is 5.36. The fourth-order valence-corrected chi connectivity index (χ4v) is 7.91. The van der Waals surface area contributed by atoms with Gasteiger partial charge in [-0.3, -0.25) is 19.2 Å². The van der Waals surface area contributed by atoms with Crippen molar-refractivity contribution in [1.29, 1.82) is 0 Å². The Morgan fingerprint density at radius 2 is 1.07 bits per heavy atom. The third-order valence-electron chi connectivity index (χ3n) is 9.56. The van der Waals surface area contributed by atoms with Crippen molar-refractivity contribution in [3.8, 4) is 11.5 Å². The largest absolute Gasteiger partial charge is 0.491 e. The van der Waals surface area contributed by atoms with E-state index in [4.69, 9.17) is 9.47 Å². The van der Waals surface area contributed by atoms with Gasteiger partial charge in [0.2, 0.25) is 23.6 Å². The lowest BCUT2D eigenvalue weighted by Gasteiger charge is -2.53. The fraction of sp³-hybridized carbons (Fsp3) is 0.333. The summed E-state index contributed by atoms with van der Waals surface area (Å²) in [6, 6.07) is 23.5. The lowest BCUT2D eigenvalue weighted by Crippen LogP contribution is -2.60. The van der Waals surface area contributed by atoms with Crippen LogP contribution in [0.15, 0.2) is 91.0 Å². The van der Waals surface area contributed by atoms with Gasteiger partial charge in [-0.1, -0.05) is 80.6 Å². The van der Waals surface area contributed by atoms with Gasteiger partial charge >= 0.3 is 0 Å². The quantitative estimate of drug-likeness (QED) is 0.248. The van der Waals surface area contributed by atoms with E-state index in [-0.39, 0.29) is 23.6 Å². The second-order valence-corrected chi connectivity index (χ2v) is 11.9. The number of imide groups is 2. The Morgan fingerprint density at radius 1 is 0.614 bits per heavy atom. The van der Waals surface area contributed by atoms with Crippen LogP contribution < -0.4 is 19.3 Å². The first-order valence-corrected chi connectivity index (χ1v) is 15.4. The molecule has 8 nitrogen and oxygen atoms in total. The summed E-state index contributed by atoms with van der Waals surface area (Å²) in [5, 5.41) is 0. The first-order chi connectivity index (χ1) is 21.5. The topological polar surface area (TPSA) is 93.2 Å². The molecule has 224 valence electrons. The van der Waals surface area contributed by atoms with Gasteiger partial charge < -0.3 is 9.47 Å². The molecule has 4 amide bonds. The normalized spacial score (nSPS) is 28.5. The molecule has 8 heteroatoms. The number of amides is 4. The maximum absolute atomic E-state index is 14.6. The highest BCUT2D eigenvalue weighted by Gasteiger charge is 2.75. The van der Waals surface area contributed by atoms with Crippen LogP contribution in [-0.2, 0) is 24.6 Å². The Hall–Kier alpha value is -4.72. The smallest absolute Gasteiger partial charge is 0.239 e. The SMILES string of the molecule is CCCOc1ccccc1N1C(=O)[C@@H]2C3C=CC(c4ccccc4)([C@@H]2C1=O)[C@H]1C(=O)N(c2ccccc2OCCC)C(=O)[C@@H]31. The Morgan fingerprint density at radius 3 is 1.55 bits per heavy atom. The fourth-order valence-electron chi connectivity index (χ4n) is 7.91. The van der Waals surface area contributed by atoms with Crippen molar-refractivity contribution in [3.63, 3.8) is 0 Å². The number of para-hydroxylation sites is 4. The molecule has 2 bridgehead atoms. The van der Waals surface area contributed by atoms with E-state index < -0.39 is 35.0 Å². The van der Waals surface area contributed by atoms with Crippen LogP contribution in [0, 0.1) is 29.6 Å².